The van der Waals surface area contributed by atoms with E-state index < -0.39 is 5.82 Å². The summed E-state index contributed by atoms with van der Waals surface area (Å²) >= 11 is 5.78. The van der Waals surface area contributed by atoms with Crippen molar-refractivity contribution in [1.29, 1.82) is 0 Å². The molecular formula is C15H11ClF2N2S. The SMILES string of the molecule is Cc1ccc(-c2c(F)c3cnc(Cl)cc3n2SF)c(C)c1. The maximum atomic E-state index is 14.7. The van der Waals surface area contributed by atoms with E-state index >= 15 is 0 Å². The summed E-state index contributed by atoms with van der Waals surface area (Å²) in [5.74, 6) is -0.494. The van der Waals surface area contributed by atoms with Crippen molar-refractivity contribution < 1.29 is 8.28 Å². The molecule has 0 aliphatic carbocycles. The normalized spacial score (nSPS) is 11.3. The van der Waals surface area contributed by atoms with Gasteiger partial charge in [0, 0.05) is 17.8 Å². The molecule has 0 aliphatic heterocycles. The minimum atomic E-state index is -0.494. The molecule has 0 saturated heterocycles. The van der Waals surface area contributed by atoms with Crippen LogP contribution in [0.1, 0.15) is 11.1 Å². The molecule has 3 aromatic rings. The highest BCUT2D eigenvalue weighted by Crippen LogP contribution is 2.37. The van der Waals surface area contributed by atoms with E-state index in [1.54, 1.807) is 6.07 Å². The van der Waals surface area contributed by atoms with E-state index in [1.165, 1.54) is 16.2 Å². The molecule has 0 amide bonds. The van der Waals surface area contributed by atoms with Crippen LogP contribution in [0.5, 0.6) is 0 Å². The molecule has 0 atom stereocenters. The lowest BCUT2D eigenvalue weighted by molar-refractivity contribution is 0.641. The predicted octanol–water partition coefficient (Wildman–Crippen LogP) is 5.49. The first kappa shape index (κ1) is 14.4. The van der Waals surface area contributed by atoms with Gasteiger partial charge in [-0.25, -0.2) is 9.37 Å². The van der Waals surface area contributed by atoms with E-state index in [0.717, 1.165) is 11.1 Å². The monoisotopic (exact) mass is 324 g/mol. The van der Waals surface area contributed by atoms with Gasteiger partial charge in [0.2, 0.25) is 0 Å². The van der Waals surface area contributed by atoms with Crippen molar-refractivity contribution in [2.24, 2.45) is 0 Å². The number of aromatic nitrogens is 2. The Hall–Kier alpha value is -1.59. The van der Waals surface area contributed by atoms with Crippen LogP contribution in [0.25, 0.3) is 22.2 Å². The summed E-state index contributed by atoms with van der Waals surface area (Å²) in [5, 5.41) is 0.446. The Morgan fingerprint density at radius 3 is 2.67 bits per heavy atom. The summed E-state index contributed by atoms with van der Waals surface area (Å²) in [6.07, 6.45) is 1.33. The molecule has 2 aromatic heterocycles. The maximum absolute atomic E-state index is 14.7. The van der Waals surface area contributed by atoms with Crippen molar-refractivity contribution in [2.75, 3.05) is 0 Å². The van der Waals surface area contributed by atoms with E-state index in [2.05, 4.69) is 4.98 Å². The fourth-order valence-corrected chi connectivity index (χ4v) is 3.10. The van der Waals surface area contributed by atoms with Crippen LogP contribution < -0.4 is 0 Å². The quantitative estimate of drug-likeness (QED) is 0.580. The third kappa shape index (κ3) is 2.30. The molecule has 0 fully saturated rings. The van der Waals surface area contributed by atoms with Crippen LogP contribution in [-0.4, -0.2) is 8.96 Å². The summed E-state index contributed by atoms with van der Waals surface area (Å²) < 4.78 is 29.3. The molecule has 3 rings (SSSR count). The van der Waals surface area contributed by atoms with Crippen molar-refractivity contribution in [3.63, 3.8) is 0 Å². The van der Waals surface area contributed by atoms with Gasteiger partial charge in [-0.2, -0.15) is 0 Å². The molecule has 2 nitrogen and oxygen atoms in total. The number of pyridine rings is 1. The fourth-order valence-electron chi connectivity index (χ4n) is 2.47. The Morgan fingerprint density at radius 1 is 1.24 bits per heavy atom. The summed E-state index contributed by atoms with van der Waals surface area (Å²) in [7, 11) is 0. The first-order valence-electron chi connectivity index (χ1n) is 6.25. The molecule has 6 heteroatoms. The number of benzene rings is 1. The second-order valence-corrected chi connectivity index (χ2v) is 5.76. The third-order valence-electron chi connectivity index (χ3n) is 3.42. The second-order valence-electron chi connectivity index (χ2n) is 4.87. The molecule has 1 aromatic carbocycles. The van der Waals surface area contributed by atoms with Gasteiger partial charge < -0.3 is 0 Å². The molecule has 0 saturated carbocycles. The third-order valence-corrected chi connectivity index (χ3v) is 4.15. The van der Waals surface area contributed by atoms with Gasteiger partial charge in [0.1, 0.15) is 5.15 Å². The smallest absolute Gasteiger partial charge is 0.170 e. The molecule has 0 N–H and O–H groups in total. The number of halogens is 3. The zero-order valence-corrected chi connectivity index (χ0v) is 12.9. The Balaban J connectivity index is 2.39. The van der Waals surface area contributed by atoms with Crippen LogP contribution in [0.15, 0.2) is 30.5 Å². The lowest BCUT2D eigenvalue weighted by Crippen LogP contribution is -1.93. The Morgan fingerprint density at radius 2 is 2.00 bits per heavy atom. The minimum Gasteiger partial charge on any atom is -0.253 e. The topological polar surface area (TPSA) is 17.8 Å². The first-order valence-corrected chi connectivity index (χ1v) is 7.30. The Labute approximate surface area is 130 Å². The van der Waals surface area contributed by atoms with E-state index in [-0.39, 0.29) is 28.6 Å². The highest BCUT2D eigenvalue weighted by molar-refractivity contribution is 7.93. The maximum Gasteiger partial charge on any atom is 0.170 e. The van der Waals surface area contributed by atoms with E-state index in [4.69, 9.17) is 11.6 Å². The number of rotatable bonds is 2. The van der Waals surface area contributed by atoms with Crippen LogP contribution in [0, 0.1) is 19.7 Å². The van der Waals surface area contributed by atoms with Crippen molar-refractivity contribution in [1.82, 2.24) is 8.96 Å². The minimum absolute atomic E-state index is 0.0476. The van der Waals surface area contributed by atoms with Crippen LogP contribution in [-0.2, 0) is 0 Å². The van der Waals surface area contributed by atoms with Crippen LogP contribution in [0.4, 0.5) is 8.28 Å². The number of hydrogen-bond donors (Lipinski definition) is 0. The standard InChI is InChI=1S/C15H11ClF2N2S/c1-8-3-4-10(9(2)5-8)15-14(17)11-7-19-13(16)6-12(11)20(15)21-18/h3-7H,1-2H3. The van der Waals surface area contributed by atoms with Gasteiger partial charge in [0.05, 0.1) is 16.6 Å². The van der Waals surface area contributed by atoms with Gasteiger partial charge in [-0.05, 0) is 19.4 Å². The average Bonchev–Trinajstić information content (AvgIpc) is 2.71. The lowest BCUT2D eigenvalue weighted by atomic mass is 10.0. The molecule has 21 heavy (non-hydrogen) atoms. The zero-order valence-electron chi connectivity index (χ0n) is 11.3. The second kappa shape index (κ2) is 5.31. The predicted molar refractivity (Wildman–Crippen MR) is 83.7 cm³/mol. The number of hydrogen-bond acceptors (Lipinski definition) is 2. The van der Waals surface area contributed by atoms with Crippen LogP contribution in [0.3, 0.4) is 0 Å². The van der Waals surface area contributed by atoms with E-state index in [0.29, 0.717) is 11.1 Å². The summed E-state index contributed by atoms with van der Waals surface area (Å²) in [6, 6.07) is 7.06. The van der Waals surface area contributed by atoms with Gasteiger partial charge in [-0.15, -0.1) is 3.89 Å². The Kier molecular flexibility index (Phi) is 3.63. The number of fused-ring (bicyclic) bond motifs is 1. The molecular weight excluding hydrogens is 314 g/mol. The number of nitrogens with zero attached hydrogens (tertiary/aromatic N) is 2. The molecule has 0 radical (unpaired) electrons. The molecule has 0 bridgehead atoms. The Bertz CT molecular complexity index is 845. The molecule has 0 unspecified atom stereocenters. The molecule has 0 spiro atoms. The highest BCUT2D eigenvalue weighted by Gasteiger charge is 2.21. The van der Waals surface area contributed by atoms with Gasteiger partial charge >= 0.3 is 0 Å². The molecule has 108 valence electrons. The summed E-state index contributed by atoms with van der Waals surface area (Å²) in [6.45, 7) is 3.83. The zero-order chi connectivity index (χ0) is 15.1. The molecule has 0 aliphatic rings. The van der Waals surface area contributed by atoms with Crippen molar-refractivity contribution in [3.05, 3.63) is 52.6 Å². The molecule has 2 heterocycles. The van der Waals surface area contributed by atoms with Crippen molar-refractivity contribution in [2.45, 2.75) is 13.8 Å². The first-order chi connectivity index (χ1) is 10.0. The van der Waals surface area contributed by atoms with Gasteiger partial charge in [0.25, 0.3) is 0 Å². The highest BCUT2D eigenvalue weighted by atomic mass is 35.5. The lowest BCUT2D eigenvalue weighted by Gasteiger charge is -2.09. The van der Waals surface area contributed by atoms with E-state index in [9.17, 15) is 8.28 Å². The van der Waals surface area contributed by atoms with Gasteiger partial charge in [-0.3, -0.25) is 3.97 Å². The van der Waals surface area contributed by atoms with Crippen molar-refractivity contribution >= 4 is 34.8 Å². The summed E-state index contributed by atoms with van der Waals surface area (Å²) in [4.78, 5) is 3.87. The summed E-state index contributed by atoms with van der Waals surface area (Å²) in [5.41, 5.74) is 3.16. The van der Waals surface area contributed by atoms with Gasteiger partial charge in [-0.1, -0.05) is 35.4 Å². The van der Waals surface area contributed by atoms with E-state index in [1.807, 2.05) is 26.0 Å². The average molecular weight is 325 g/mol. The fraction of sp³-hybridized carbons (Fsp3) is 0.133. The largest absolute Gasteiger partial charge is 0.253 e. The van der Waals surface area contributed by atoms with Crippen molar-refractivity contribution in [3.8, 4) is 11.3 Å². The van der Waals surface area contributed by atoms with Crippen LogP contribution in [0.2, 0.25) is 5.15 Å². The van der Waals surface area contributed by atoms with Gasteiger partial charge in [0.15, 0.2) is 18.2 Å². The number of aryl methyl sites for hydroxylation is 2. The van der Waals surface area contributed by atoms with Crippen LogP contribution >= 0.6 is 23.9 Å².